The number of aromatic nitrogens is 2. The lowest BCUT2D eigenvalue weighted by Gasteiger charge is -2.26. The Morgan fingerprint density at radius 3 is 1.96 bits per heavy atom. The first-order valence-corrected chi connectivity index (χ1v) is 19.9. The Labute approximate surface area is 329 Å². The van der Waals surface area contributed by atoms with E-state index >= 15 is 0 Å². The summed E-state index contributed by atoms with van der Waals surface area (Å²) in [7, 11) is 0. The van der Waals surface area contributed by atoms with Crippen LogP contribution >= 0.6 is 11.3 Å². The smallest absolute Gasteiger partial charge is 0.329 e. The average Bonchev–Trinajstić information content (AvgIpc) is 3.64. The van der Waals surface area contributed by atoms with E-state index in [-0.39, 0.29) is 24.0 Å². The number of benzene rings is 2. The van der Waals surface area contributed by atoms with Crippen molar-refractivity contribution in [3.63, 3.8) is 0 Å². The van der Waals surface area contributed by atoms with Crippen LogP contribution in [0.2, 0.25) is 0 Å². The van der Waals surface area contributed by atoms with E-state index in [1.165, 1.54) is 43.9 Å². The number of amides is 2. The van der Waals surface area contributed by atoms with Gasteiger partial charge in [-0.15, -0.1) is 11.3 Å². The molecule has 0 unspecified atom stereocenters. The third kappa shape index (κ3) is 13.7. The largest absolute Gasteiger partial charge is 0.494 e. The van der Waals surface area contributed by atoms with Crippen LogP contribution in [0.15, 0.2) is 73.1 Å². The number of nitrogens with zero attached hydrogens (tertiary/aromatic N) is 2. The zero-order valence-corrected chi connectivity index (χ0v) is 34.3. The van der Waals surface area contributed by atoms with Gasteiger partial charge in [0, 0.05) is 41.2 Å². The van der Waals surface area contributed by atoms with Gasteiger partial charge in [0.1, 0.15) is 29.2 Å². The van der Waals surface area contributed by atoms with Gasteiger partial charge in [-0.05, 0) is 74.9 Å². The number of esters is 1. The second-order valence-corrected chi connectivity index (χ2v) is 17.0. The molecular formula is C44H56N4O6S. The molecule has 0 aliphatic carbocycles. The van der Waals surface area contributed by atoms with Crippen molar-refractivity contribution < 1.29 is 28.7 Å². The van der Waals surface area contributed by atoms with E-state index in [1.807, 2.05) is 54.6 Å². The summed E-state index contributed by atoms with van der Waals surface area (Å²) in [6.45, 7) is 15.6. The van der Waals surface area contributed by atoms with Gasteiger partial charge in [-0.1, -0.05) is 89.8 Å². The summed E-state index contributed by atoms with van der Waals surface area (Å²) >= 11 is 1.36. The molecule has 2 amide bonds. The Bertz CT molecular complexity index is 1870. The predicted octanol–water partition coefficient (Wildman–Crippen LogP) is 8.67. The molecule has 0 fully saturated rings. The second-order valence-electron chi connectivity index (χ2n) is 15.9. The molecule has 11 heteroatoms. The number of hydrogen-bond donors (Lipinski definition) is 2. The molecule has 10 nitrogen and oxygen atoms in total. The van der Waals surface area contributed by atoms with E-state index in [1.54, 1.807) is 39.2 Å². The number of rotatable bonds is 18. The van der Waals surface area contributed by atoms with Crippen LogP contribution < -0.4 is 15.4 Å². The number of thiophene rings is 1. The lowest BCUT2D eigenvalue weighted by Crippen LogP contribution is -2.53. The SMILES string of the molecule is CCCCCCCOc1ccc(-c2cnc(-c3ccc(C[C@H](NC(=O)c4ccc(C(C)(C)C)s4)C(=O)N[C@@H](CC(C)=O)C(=O)OC(C)(C)C)cc3)nc2)cc1. The Hall–Kier alpha value is -4.90. The van der Waals surface area contributed by atoms with Crippen LogP contribution in [0.25, 0.3) is 22.5 Å². The molecule has 0 saturated heterocycles. The summed E-state index contributed by atoms with van der Waals surface area (Å²) in [6, 6.07) is 16.8. The molecule has 0 saturated carbocycles. The van der Waals surface area contributed by atoms with Gasteiger partial charge in [0.2, 0.25) is 5.91 Å². The molecular weight excluding hydrogens is 713 g/mol. The lowest BCUT2D eigenvalue weighted by atomic mass is 9.95. The van der Waals surface area contributed by atoms with Crippen LogP contribution in [0.3, 0.4) is 0 Å². The van der Waals surface area contributed by atoms with Crippen molar-refractivity contribution in [1.29, 1.82) is 0 Å². The minimum Gasteiger partial charge on any atom is -0.494 e. The fourth-order valence-electron chi connectivity index (χ4n) is 5.72. The summed E-state index contributed by atoms with van der Waals surface area (Å²) in [5.74, 6) is -0.649. The first kappa shape index (κ1) is 42.8. The summed E-state index contributed by atoms with van der Waals surface area (Å²) < 4.78 is 11.4. The van der Waals surface area contributed by atoms with E-state index in [9.17, 15) is 19.2 Å². The highest BCUT2D eigenvalue weighted by Crippen LogP contribution is 2.30. The zero-order valence-electron chi connectivity index (χ0n) is 33.5. The minimum absolute atomic E-state index is 0.120. The van der Waals surface area contributed by atoms with Crippen LogP contribution in [0.5, 0.6) is 5.75 Å². The fourth-order valence-corrected chi connectivity index (χ4v) is 6.69. The van der Waals surface area contributed by atoms with Crippen molar-refractivity contribution >= 4 is 34.9 Å². The molecule has 2 atom stereocenters. The first-order chi connectivity index (χ1) is 26.0. The van der Waals surface area contributed by atoms with Gasteiger partial charge in [0.15, 0.2) is 5.82 Å². The third-order valence-electron chi connectivity index (χ3n) is 8.70. The number of ketones is 1. The highest BCUT2D eigenvalue weighted by molar-refractivity contribution is 7.14. The van der Waals surface area contributed by atoms with E-state index in [0.717, 1.165) is 39.3 Å². The Balaban J connectivity index is 1.47. The van der Waals surface area contributed by atoms with Crippen molar-refractivity contribution in [1.82, 2.24) is 20.6 Å². The van der Waals surface area contributed by atoms with Crippen molar-refractivity contribution in [2.24, 2.45) is 0 Å². The second kappa shape index (κ2) is 19.6. The van der Waals surface area contributed by atoms with Crippen molar-refractivity contribution in [2.75, 3.05) is 6.61 Å². The first-order valence-electron chi connectivity index (χ1n) is 19.1. The molecule has 2 heterocycles. The van der Waals surface area contributed by atoms with E-state index in [2.05, 4.69) is 48.3 Å². The number of Topliss-reactive ketones (excluding diaryl/α,β-unsaturated/α-hetero) is 1. The molecule has 2 N–H and O–H groups in total. The van der Waals surface area contributed by atoms with Crippen LogP contribution in [0, 0.1) is 0 Å². The molecule has 0 radical (unpaired) electrons. The van der Waals surface area contributed by atoms with Crippen LogP contribution in [-0.2, 0) is 31.0 Å². The van der Waals surface area contributed by atoms with E-state index < -0.39 is 35.5 Å². The maximum absolute atomic E-state index is 13.8. The number of carbonyl (C=O) groups excluding carboxylic acids is 4. The number of hydrogen-bond acceptors (Lipinski definition) is 9. The van der Waals surface area contributed by atoms with Crippen LogP contribution in [0.1, 0.15) is 114 Å². The third-order valence-corrected chi connectivity index (χ3v) is 10.2. The van der Waals surface area contributed by atoms with E-state index in [0.29, 0.717) is 17.3 Å². The number of ether oxygens (including phenoxy) is 2. The van der Waals surface area contributed by atoms with Gasteiger partial charge >= 0.3 is 5.97 Å². The van der Waals surface area contributed by atoms with Gasteiger partial charge in [0.25, 0.3) is 5.91 Å². The van der Waals surface area contributed by atoms with Crippen LogP contribution in [0.4, 0.5) is 0 Å². The lowest BCUT2D eigenvalue weighted by molar-refractivity contribution is -0.159. The normalized spacial score (nSPS) is 12.7. The maximum atomic E-state index is 13.8. The Morgan fingerprint density at radius 2 is 1.38 bits per heavy atom. The van der Waals surface area contributed by atoms with Crippen molar-refractivity contribution in [2.45, 2.75) is 123 Å². The van der Waals surface area contributed by atoms with Gasteiger partial charge in [0.05, 0.1) is 11.5 Å². The minimum atomic E-state index is -1.21. The fraction of sp³-hybridized carbons (Fsp3) is 0.455. The maximum Gasteiger partial charge on any atom is 0.329 e. The summed E-state index contributed by atoms with van der Waals surface area (Å²) in [6.07, 6.45) is 9.43. The van der Waals surface area contributed by atoms with Crippen LogP contribution in [-0.4, -0.2) is 57.8 Å². The highest BCUT2D eigenvalue weighted by atomic mass is 32.1. The monoisotopic (exact) mass is 768 g/mol. The molecule has 4 aromatic rings. The van der Waals surface area contributed by atoms with E-state index in [4.69, 9.17) is 9.47 Å². The summed E-state index contributed by atoms with van der Waals surface area (Å²) in [5, 5.41) is 5.55. The quantitative estimate of drug-likeness (QED) is 0.0759. The topological polar surface area (TPSA) is 137 Å². The number of unbranched alkanes of at least 4 members (excludes halogenated alkanes) is 4. The average molecular weight is 769 g/mol. The molecule has 0 bridgehead atoms. The Morgan fingerprint density at radius 1 is 0.745 bits per heavy atom. The summed E-state index contributed by atoms with van der Waals surface area (Å²) in [5.41, 5.74) is 2.43. The number of carbonyl (C=O) groups is 4. The zero-order chi connectivity index (χ0) is 40.2. The molecule has 0 aliphatic rings. The van der Waals surface area contributed by atoms with Gasteiger partial charge in [-0.25, -0.2) is 14.8 Å². The Kier molecular flexibility index (Phi) is 15.3. The molecule has 2 aromatic heterocycles. The summed E-state index contributed by atoms with van der Waals surface area (Å²) in [4.78, 5) is 63.1. The highest BCUT2D eigenvalue weighted by Gasteiger charge is 2.31. The standard InChI is InChI=1S/C44H56N4O6S/c1-9-10-11-12-13-24-53-34-20-18-31(19-21-34)33-27-45-39(46-28-33)32-16-14-30(15-17-32)26-35(47-41(51)37-22-23-38(55-37)43(3,4)5)40(50)48-36(25-29(2)49)42(52)54-44(6,7)8/h14-23,27-28,35-36H,9-13,24-26H2,1-8H3,(H,47,51)(H,48,50)/t35-,36-/m0/s1. The number of nitrogens with one attached hydrogen (secondary N) is 2. The molecule has 0 spiro atoms. The molecule has 4 rings (SSSR count). The molecule has 55 heavy (non-hydrogen) atoms. The van der Waals surface area contributed by atoms with Gasteiger partial charge < -0.3 is 20.1 Å². The predicted molar refractivity (Wildman–Crippen MR) is 218 cm³/mol. The van der Waals surface area contributed by atoms with Gasteiger partial charge in [-0.3, -0.25) is 14.4 Å². The van der Waals surface area contributed by atoms with Crippen molar-refractivity contribution in [3.8, 4) is 28.3 Å². The molecule has 294 valence electrons. The van der Waals surface area contributed by atoms with Gasteiger partial charge in [-0.2, -0.15) is 0 Å². The molecule has 0 aliphatic heterocycles. The molecule has 2 aromatic carbocycles. The van der Waals surface area contributed by atoms with Crippen molar-refractivity contribution in [3.05, 3.63) is 88.4 Å².